The molecule has 0 atom stereocenters. The van der Waals surface area contributed by atoms with Crippen molar-refractivity contribution in [2.75, 3.05) is 45.1 Å². The second kappa shape index (κ2) is 10.9. The molecule has 1 saturated heterocycles. The highest BCUT2D eigenvalue weighted by Gasteiger charge is 2.12. The van der Waals surface area contributed by atoms with Gasteiger partial charge in [-0.2, -0.15) is 0 Å². The van der Waals surface area contributed by atoms with Gasteiger partial charge < -0.3 is 9.80 Å². The molecule has 0 aliphatic carbocycles. The average Bonchev–Trinajstić information content (AvgIpc) is 2.09. The Hall–Kier alpha value is 1.36. The van der Waals surface area contributed by atoms with Crippen molar-refractivity contribution in [2.45, 2.75) is 12.8 Å². The summed E-state index contributed by atoms with van der Waals surface area (Å²) >= 11 is 3.46. The zero-order chi connectivity index (χ0) is 8.81. The van der Waals surface area contributed by atoms with Gasteiger partial charge in [-0.3, -0.25) is 0 Å². The van der Waals surface area contributed by atoms with Crippen molar-refractivity contribution in [1.82, 2.24) is 9.80 Å². The molecule has 5 heteroatoms. The lowest BCUT2D eigenvalue weighted by atomic mass is 10.3. The highest BCUT2D eigenvalue weighted by Crippen LogP contribution is 2.02. The lowest BCUT2D eigenvalue weighted by Crippen LogP contribution is -2.44. The van der Waals surface area contributed by atoms with Crippen molar-refractivity contribution >= 4 is 49.9 Å². The molecule has 0 bridgehead atoms. The van der Waals surface area contributed by atoms with E-state index in [1.807, 2.05) is 0 Å². The van der Waals surface area contributed by atoms with E-state index in [9.17, 15) is 0 Å². The van der Waals surface area contributed by atoms with Crippen LogP contribution in [0.25, 0.3) is 0 Å². The second-order valence-corrected chi connectivity index (χ2v) is 4.33. The average molecular weight is 397 g/mol. The van der Waals surface area contributed by atoms with E-state index in [0.29, 0.717) is 0 Å². The van der Waals surface area contributed by atoms with E-state index >= 15 is 0 Å². The molecule has 0 aromatic heterocycles. The Balaban J connectivity index is 0. The molecule has 0 aromatic carbocycles. The summed E-state index contributed by atoms with van der Waals surface area (Å²) in [6, 6.07) is 0. The Kier molecular flexibility index (Phi) is 13.8. The maximum atomic E-state index is 3.46. The maximum Gasteiger partial charge on any atom is 0.0110 e. The van der Waals surface area contributed by atoms with Crippen LogP contribution in [0.2, 0.25) is 0 Å². The third-order valence-corrected chi connectivity index (χ3v) is 3.01. The zero-order valence-corrected chi connectivity index (χ0v) is 13.8. The van der Waals surface area contributed by atoms with E-state index in [1.54, 1.807) is 0 Å². The van der Waals surface area contributed by atoms with Gasteiger partial charge in [0.1, 0.15) is 0 Å². The summed E-state index contributed by atoms with van der Waals surface area (Å²) in [5.41, 5.74) is 0. The molecular formula is C9H21Br3N2. The standard InChI is InChI=1S/C9H19BrN2.2BrH/c1-11-6-8-12(9-7-11)5-3-2-4-10;;/h2-9H2,1H3;2*1H. The van der Waals surface area contributed by atoms with Crippen LogP contribution in [0.1, 0.15) is 12.8 Å². The Morgan fingerprint density at radius 2 is 1.57 bits per heavy atom. The van der Waals surface area contributed by atoms with Crippen molar-refractivity contribution in [3.8, 4) is 0 Å². The van der Waals surface area contributed by atoms with Crippen LogP contribution in [-0.4, -0.2) is 54.9 Å². The van der Waals surface area contributed by atoms with Gasteiger partial charge in [-0.25, -0.2) is 0 Å². The molecule has 0 N–H and O–H groups in total. The molecule has 88 valence electrons. The number of alkyl halides is 1. The van der Waals surface area contributed by atoms with E-state index in [0.717, 1.165) is 5.33 Å². The van der Waals surface area contributed by atoms with Gasteiger partial charge in [-0.1, -0.05) is 15.9 Å². The molecule has 1 rings (SSSR count). The molecule has 0 unspecified atom stereocenters. The van der Waals surface area contributed by atoms with Gasteiger partial charge in [0.15, 0.2) is 0 Å². The summed E-state index contributed by atoms with van der Waals surface area (Å²) in [6.45, 7) is 6.31. The van der Waals surface area contributed by atoms with Crippen LogP contribution >= 0.6 is 49.9 Å². The van der Waals surface area contributed by atoms with Crippen LogP contribution in [0.3, 0.4) is 0 Å². The number of hydrogen-bond donors (Lipinski definition) is 0. The molecule has 1 aliphatic heterocycles. The molecule has 14 heavy (non-hydrogen) atoms. The number of rotatable bonds is 4. The third-order valence-electron chi connectivity index (χ3n) is 2.45. The SMILES string of the molecule is Br.Br.CN1CCN(CCCCBr)CC1. The zero-order valence-electron chi connectivity index (χ0n) is 8.75. The first-order valence-electron chi connectivity index (χ1n) is 4.80. The van der Waals surface area contributed by atoms with Gasteiger partial charge in [-0.15, -0.1) is 34.0 Å². The van der Waals surface area contributed by atoms with Crippen molar-refractivity contribution in [1.29, 1.82) is 0 Å². The van der Waals surface area contributed by atoms with E-state index in [1.165, 1.54) is 45.6 Å². The molecule has 1 aliphatic rings. The second-order valence-electron chi connectivity index (χ2n) is 3.54. The lowest BCUT2D eigenvalue weighted by molar-refractivity contribution is 0.153. The summed E-state index contributed by atoms with van der Waals surface area (Å²) in [6.07, 6.45) is 2.65. The molecular weight excluding hydrogens is 376 g/mol. The molecule has 0 radical (unpaired) electrons. The van der Waals surface area contributed by atoms with Gasteiger partial charge in [0.05, 0.1) is 0 Å². The van der Waals surface area contributed by atoms with Gasteiger partial charge in [0.2, 0.25) is 0 Å². The Morgan fingerprint density at radius 3 is 2.07 bits per heavy atom. The van der Waals surface area contributed by atoms with E-state index in [2.05, 4.69) is 32.8 Å². The fourth-order valence-corrected chi connectivity index (χ4v) is 1.90. The minimum Gasteiger partial charge on any atom is -0.304 e. The molecule has 2 nitrogen and oxygen atoms in total. The van der Waals surface area contributed by atoms with Crippen LogP contribution in [0, 0.1) is 0 Å². The summed E-state index contributed by atoms with van der Waals surface area (Å²) in [7, 11) is 2.20. The molecule has 0 aromatic rings. The molecule has 0 saturated carbocycles. The number of likely N-dealkylation sites (N-methyl/N-ethyl adjacent to an activating group) is 1. The summed E-state index contributed by atoms with van der Waals surface area (Å²) in [4.78, 5) is 4.98. The van der Waals surface area contributed by atoms with Crippen LogP contribution in [-0.2, 0) is 0 Å². The van der Waals surface area contributed by atoms with Crippen LogP contribution in [0.5, 0.6) is 0 Å². The monoisotopic (exact) mass is 394 g/mol. The fourth-order valence-electron chi connectivity index (χ4n) is 1.50. The molecule has 1 heterocycles. The molecule has 0 amide bonds. The van der Waals surface area contributed by atoms with Crippen LogP contribution in [0.15, 0.2) is 0 Å². The van der Waals surface area contributed by atoms with Crippen molar-refractivity contribution in [3.05, 3.63) is 0 Å². The summed E-state index contributed by atoms with van der Waals surface area (Å²) in [5.74, 6) is 0. The number of unbranched alkanes of at least 4 members (excludes halogenated alkanes) is 1. The number of nitrogens with zero attached hydrogens (tertiary/aromatic N) is 2. The fraction of sp³-hybridized carbons (Fsp3) is 1.00. The van der Waals surface area contributed by atoms with Crippen LogP contribution < -0.4 is 0 Å². The summed E-state index contributed by atoms with van der Waals surface area (Å²) in [5, 5.41) is 1.15. The third kappa shape index (κ3) is 7.63. The van der Waals surface area contributed by atoms with Crippen molar-refractivity contribution in [3.63, 3.8) is 0 Å². The van der Waals surface area contributed by atoms with Gasteiger partial charge in [-0.05, 0) is 26.4 Å². The first-order chi connectivity index (χ1) is 5.83. The van der Waals surface area contributed by atoms with E-state index < -0.39 is 0 Å². The minimum atomic E-state index is 0. The number of hydrogen-bond acceptors (Lipinski definition) is 2. The Labute approximate surface area is 117 Å². The summed E-state index contributed by atoms with van der Waals surface area (Å²) < 4.78 is 0. The van der Waals surface area contributed by atoms with Crippen molar-refractivity contribution < 1.29 is 0 Å². The Bertz CT molecular complexity index is 117. The van der Waals surface area contributed by atoms with Crippen molar-refractivity contribution in [2.24, 2.45) is 0 Å². The van der Waals surface area contributed by atoms with Gasteiger partial charge in [0, 0.05) is 31.5 Å². The smallest absolute Gasteiger partial charge is 0.0110 e. The van der Waals surface area contributed by atoms with Gasteiger partial charge in [0.25, 0.3) is 0 Å². The molecule has 1 fully saturated rings. The van der Waals surface area contributed by atoms with Gasteiger partial charge >= 0.3 is 0 Å². The maximum absolute atomic E-state index is 3.46. The first-order valence-corrected chi connectivity index (χ1v) is 5.92. The predicted octanol–water partition coefficient (Wildman–Crippen LogP) is 2.56. The number of piperazine rings is 1. The lowest BCUT2D eigenvalue weighted by Gasteiger charge is -2.32. The minimum absolute atomic E-state index is 0. The molecule has 0 spiro atoms. The largest absolute Gasteiger partial charge is 0.304 e. The predicted molar refractivity (Wildman–Crippen MR) is 77.6 cm³/mol. The highest BCUT2D eigenvalue weighted by molar-refractivity contribution is 9.09. The van der Waals surface area contributed by atoms with E-state index in [4.69, 9.17) is 0 Å². The Morgan fingerprint density at radius 1 is 1.00 bits per heavy atom. The van der Waals surface area contributed by atoms with E-state index in [-0.39, 0.29) is 34.0 Å². The first kappa shape index (κ1) is 17.7. The quantitative estimate of drug-likeness (QED) is 0.532. The normalized spacial score (nSPS) is 18.4. The topological polar surface area (TPSA) is 6.48 Å². The highest BCUT2D eigenvalue weighted by atomic mass is 79.9. The van der Waals surface area contributed by atoms with Crippen LogP contribution in [0.4, 0.5) is 0 Å². The number of halogens is 3.